The minimum absolute atomic E-state index is 0.121. The Labute approximate surface area is 148 Å². The Morgan fingerprint density at radius 1 is 1.16 bits per heavy atom. The third-order valence-electron chi connectivity index (χ3n) is 3.60. The van der Waals surface area contributed by atoms with Gasteiger partial charge in [0.2, 0.25) is 5.91 Å². The van der Waals surface area contributed by atoms with E-state index in [0.29, 0.717) is 24.7 Å². The van der Waals surface area contributed by atoms with E-state index in [1.54, 1.807) is 4.90 Å². The van der Waals surface area contributed by atoms with Gasteiger partial charge in [-0.25, -0.2) is 4.98 Å². The molecule has 2 amide bonds. The lowest BCUT2D eigenvalue weighted by molar-refractivity contribution is -0.116. The Hall–Kier alpha value is -2.76. The fourth-order valence-corrected chi connectivity index (χ4v) is 2.38. The normalized spacial score (nSPS) is 10.6. The Morgan fingerprint density at radius 3 is 2.48 bits per heavy atom. The molecule has 0 unspecified atom stereocenters. The number of anilines is 1. The van der Waals surface area contributed by atoms with Crippen LogP contribution in [0.5, 0.6) is 0 Å². The lowest BCUT2D eigenvalue weighted by atomic mass is 10.2. The summed E-state index contributed by atoms with van der Waals surface area (Å²) in [4.78, 5) is 34.4. The summed E-state index contributed by atoms with van der Waals surface area (Å²) in [6.07, 6.45) is 4.69. The van der Waals surface area contributed by atoms with Gasteiger partial charge in [0, 0.05) is 37.6 Å². The van der Waals surface area contributed by atoms with Crippen LogP contribution in [0.25, 0.3) is 0 Å². The molecule has 2 aromatic rings. The van der Waals surface area contributed by atoms with Gasteiger partial charge in [-0.3, -0.25) is 14.6 Å². The van der Waals surface area contributed by atoms with Gasteiger partial charge in [-0.2, -0.15) is 0 Å². The van der Waals surface area contributed by atoms with Crippen molar-refractivity contribution < 1.29 is 9.59 Å². The van der Waals surface area contributed by atoms with Crippen LogP contribution in [0.3, 0.4) is 0 Å². The van der Waals surface area contributed by atoms with E-state index in [-0.39, 0.29) is 18.2 Å². The molecule has 0 bridgehead atoms. The first-order valence-electron chi connectivity index (χ1n) is 8.37. The molecule has 0 radical (unpaired) electrons. The molecule has 1 aromatic heterocycles. The van der Waals surface area contributed by atoms with Gasteiger partial charge in [-0.1, -0.05) is 31.5 Å². The van der Waals surface area contributed by atoms with Crippen molar-refractivity contribution in [2.45, 2.75) is 27.2 Å². The van der Waals surface area contributed by atoms with E-state index < -0.39 is 0 Å². The molecular formula is C19H24N4O2. The summed E-state index contributed by atoms with van der Waals surface area (Å²) in [6.45, 7) is 6.96. The maximum absolute atomic E-state index is 12.6. The molecular weight excluding hydrogens is 316 g/mol. The third-order valence-corrected chi connectivity index (χ3v) is 3.60. The van der Waals surface area contributed by atoms with Crippen LogP contribution in [0.15, 0.2) is 42.9 Å². The number of aryl methyl sites for hydroxylation is 1. The molecule has 6 nitrogen and oxygen atoms in total. The second-order valence-electron chi connectivity index (χ2n) is 6.40. The molecule has 0 saturated carbocycles. The topological polar surface area (TPSA) is 75.2 Å². The molecule has 0 atom stereocenters. The Kier molecular flexibility index (Phi) is 6.62. The standard InChI is InChI=1S/C19H24N4O2/c1-14(2)13-23(19(25)17-12-20-9-10-21-17)11-8-18(24)22-16-6-4-15(3)5-7-16/h4-7,9-10,12,14H,8,11,13H2,1-3H3,(H,22,24). The molecule has 1 heterocycles. The number of hydrogen-bond acceptors (Lipinski definition) is 4. The van der Waals surface area contributed by atoms with E-state index in [2.05, 4.69) is 15.3 Å². The molecule has 1 N–H and O–H groups in total. The number of carbonyl (C=O) groups excluding carboxylic acids is 2. The highest BCUT2D eigenvalue weighted by Gasteiger charge is 2.19. The molecule has 0 aliphatic rings. The average Bonchev–Trinajstić information content (AvgIpc) is 2.60. The summed E-state index contributed by atoms with van der Waals surface area (Å²) in [7, 11) is 0. The van der Waals surface area contributed by atoms with Crippen LogP contribution in [0.2, 0.25) is 0 Å². The fourth-order valence-electron chi connectivity index (χ4n) is 2.38. The van der Waals surface area contributed by atoms with Crippen LogP contribution in [-0.4, -0.2) is 39.8 Å². The molecule has 0 spiro atoms. The summed E-state index contributed by atoms with van der Waals surface area (Å²) in [5.41, 5.74) is 2.18. The predicted molar refractivity (Wildman–Crippen MR) is 97.2 cm³/mol. The smallest absolute Gasteiger partial charge is 0.274 e. The van der Waals surface area contributed by atoms with E-state index in [4.69, 9.17) is 0 Å². The Bertz CT molecular complexity index is 699. The highest BCUT2D eigenvalue weighted by Crippen LogP contribution is 2.10. The van der Waals surface area contributed by atoms with Gasteiger partial charge < -0.3 is 10.2 Å². The van der Waals surface area contributed by atoms with Gasteiger partial charge in [0.1, 0.15) is 5.69 Å². The molecule has 0 fully saturated rings. The molecule has 132 valence electrons. The minimum Gasteiger partial charge on any atom is -0.336 e. The van der Waals surface area contributed by atoms with E-state index >= 15 is 0 Å². The van der Waals surface area contributed by atoms with Crippen LogP contribution in [0.1, 0.15) is 36.3 Å². The summed E-state index contributed by atoms with van der Waals surface area (Å²) in [5, 5.41) is 2.85. The Balaban J connectivity index is 1.96. The summed E-state index contributed by atoms with van der Waals surface area (Å²) < 4.78 is 0. The van der Waals surface area contributed by atoms with E-state index in [1.807, 2.05) is 45.0 Å². The minimum atomic E-state index is -0.204. The number of hydrogen-bond donors (Lipinski definition) is 1. The second kappa shape index (κ2) is 8.92. The van der Waals surface area contributed by atoms with Gasteiger partial charge in [0.15, 0.2) is 0 Å². The monoisotopic (exact) mass is 340 g/mol. The van der Waals surface area contributed by atoms with Crippen LogP contribution >= 0.6 is 0 Å². The van der Waals surface area contributed by atoms with Crippen LogP contribution in [0, 0.1) is 12.8 Å². The van der Waals surface area contributed by atoms with Gasteiger partial charge >= 0.3 is 0 Å². The van der Waals surface area contributed by atoms with Crippen molar-refractivity contribution in [1.82, 2.24) is 14.9 Å². The van der Waals surface area contributed by atoms with Crippen molar-refractivity contribution in [3.8, 4) is 0 Å². The van der Waals surface area contributed by atoms with Crippen molar-refractivity contribution in [3.63, 3.8) is 0 Å². The van der Waals surface area contributed by atoms with Gasteiger partial charge in [0.05, 0.1) is 6.20 Å². The largest absolute Gasteiger partial charge is 0.336 e. The summed E-state index contributed by atoms with van der Waals surface area (Å²) in [5.74, 6) is -0.0322. The molecule has 0 aliphatic carbocycles. The lowest BCUT2D eigenvalue weighted by Gasteiger charge is -2.24. The third kappa shape index (κ3) is 5.99. The van der Waals surface area contributed by atoms with Crippen LogP contribution < -0.4 is 5.32 Å². The number of benzene rings is 1. The zero-order valence-corrected chi connectivity index (χ0v) is 14.9. The van der Waals surface area contributed by atoms with E-state index in [0.717, 1.165) is 11.3 Å². The van der Waals surface area contributed by atoms with E-state index in [9.17, 15) is 9.59 Å². The quantitative estimate of drug-likeness (QED) is 0.841. The highest BCUT2D eigenvalue weighted by molar-refractivity contribution is 5.93. The number of amides is 2. The number of nitrogens with zero attached hydrogens (tertiary/aromatic N) is 3. The molecule has 0 saturated heterocycles. The number of carbonyl (C=O) groups is 2. The van der Waals surface area contributed by atoms with E-state index in [1.165, 1.54) is 18.6 Å². The maximum Gasteiger partial charge on any atom is 0.274 e. The lowest BCUT2D eigenvalue weighted by Crippen LogP contribution is -2.37. The predicted octanol–water partition coefficient (Wildman–Crippen LogP) is 2.91. The number of nitrogens with one attached hydrogen (secondary N) is 1. The second-order valence-corrected chi connectivity index (χ2v) is 6.40. The SMILES string of the molecule is Cc1ccc(NC(=O)CCN(CC(C)C)C(=O)c2cnccn2)cc1. The van der Waals surface area contributed by atoms with Crippen LogP contribution in [0.4, 0.5) is 5.69 Å². The van der Waals surface area contributed by atoms with Gasteiger partial charge in [-0.05, 0) is 25.0 Å². The van der Waals surface area contributed by atoms with Crippen LogP contribution in [-0.2, 0) is 4.79 Å². The molecule has 6 heteroatoms. The number of aromatic nitrogens is 2. The molecule has 1 aromatic carbocycles. The first-order valence-corrected chi connectivity index (χ1v) is 8.37. The molecule has 2 rings (SSSR count). The van der Waals surface area contributed by atoms with Gasteiger partial charge in [-0.15, -0.1) is 0 Å². The zero-order valence-electron chi connectivity index (χ0n) is 14.9. The van der Waals surface area contributed by atoms with Crippen molar-refractivity contribution in [2.24, 2.45) is 5.92 Å². The average molecular weight is 340 g/mol. The summed E-state index contributed by atoms with van der Waals surface area (Å²) in [6, 6.07) is 7.62. The van der Waals surface area contributed by atoms with Crippen molar-refractivity contribution >= 4 is 17.5 Å². The Morgan fingerprint density at radius 2 is 1.88 bits per heavy atom. The van der Waals surface area contributed by atoms with Crippen molar-refractivity contribution in [3.05, 3.63) is 54.1 Å². The van der Waals surface area contributed by atoms with Gasteiger partial charge in [0.25, 0.3) is 5.91 Å². The zero-order chi connectivity index (χ0) is 18.2. The molecule has 0 aliphatic heterocycles. The summed E-state index contributed by atoms with van der Waals surface area (Å²) >= 11 is 0. The maximum atomic E-state index is 12.6. The first-order chi connectivity index (χ1) is 12.0. The van der Waals surface area contributed by atoms with Crippen molar-refractivity contribution in [2.75, 3.05) is 18.4 Å². The highest BCUT2D eigenvalue weighted by atomic mass is 16.2. The van der Waals surface area contributed by atoms with Crippen molar-refractivity contribution in [1.29, 1.82) is 0 Å². The first kappa shape index (κ1) is 18.6. The number of rotatable bonds is 7. The fraction of sp³-hybridized carbons (Fsp3) is 0.368. The molecule has 25 heavy (non-hydrogen) atoms.